The molecule has 0 amide bonds. The zero-order valence-corrected chi connectivity index (χ0v) is 12.8. The van der Waals surface area contributed by atoms with E-state index in [1.165, 1.54) is 25.0 Å². The lowest BCUT2D eigenvalue weighted by atomic mass is 9.88. The molecule has 1 fully saturated rings. The van der Waals surface area contributed by atoms with Crippen molar-refractivity contribution in [1.29, 1.82) is 0 Å². The van der Waals surface area contributed by atoms with E-state index in [4.69, 9.17) is 5.73 Å². The van der Waals surface area contributed by atoms with Crippen molar-refractivity contribution in [1.82, 2.24) is 4.90 Å². The fourth-order valence-electron chi connectivity index (χ4n) is 3.37. The van der Waals surface area contributed by atoms with E-state index in [2.05, 4.69) is 0 Å². The largest absolute Gasteiger partial charge is 0.329 e. The minimum atomic E-state index is -2.84. The Morgan fingerprint density at radius 2 is 1.67 bits per heavy atom. The van der Waals surface area contributed by atoms with Crippen molar-refractivity contribution >= 4 is 0 Å². The molecular formula is C17H26F2N2. The molecule has 1 aromatic carbocycles. The average Bonchev–Trinajstić information content (AvgIpc) is 2.74. The highest BCUT2D eigenvalue weighted by molar-refractivity contribution is 5.20. The van der Waals surface area contributed by atoms with Gasteiger partial charge in [0.05, 0.1) is 6.54 Å². The smallest absolute Gasteiger partial charge is 0.285 e. The Hall–Kier alpha value is -1.00. The predicted octanol–water partition coefficient (Wildman–Crippen LogP) is 3.76. The molecule has 1 aliphatic rings. The Morgan fingerprint density at radius 3 is 2.19 bits per heavy atom. The molecule has 1 aliphatic carbocycles. The zero-order valence-electron chi connectivity index (χ0n) is 12.8. The Balaban J connectivity index is 2.13. The SMILES string of the molecule is CN(CC(F)(F)c1ccccc1)C1(CN)CCCCCC1. The van der Waals surface area contributed by atoms with Gasteiger partial charge in [0.2, 0.25) is 0 Å². The summed E-state index contributed by atoms with van der Waals surface area (Å²) >= 11 is 0. The van der Waals surface area contributed by atoms with Gasteiger partial charge in [-0.25, -0.2) is 0 Å². The van der Waals surface area contributed by atoms with Crippen LogP contribution >= 0.6 is 0 Å². The third kappa shape index (κ3) is 3.80. The number of likely N-dealkylation sites (N-methyl/N-ethyl adjacent to an activating group) is 1. The summed E-state index contributed by atoms with van der Waals surface area (Å²) in [5.74, 6) is -2.84. The summed E-state index contributed by atoms with van der Waals surface area (Å²) in [5.41, 5.74) is 5.79. The summed E-state index contributed by atoms with van der Waals surface area (Å²) in [4.78, 5) is 1.81. The van der Waals surface area contributed by atoms with Gasteiger partial charge >= 0.3 is 0 Å². The minimum Gasteiger partial charge on any atom is -0.329 e. The summed E-state index contributed by atoms with van der Waals surface area (Å²) in [7, 11) is 1.80. The highest BCUT2D eigenvalue weighted by Gasteiger charge is 2.40. The molecule has 0 atom stereocenters. The lowest BCUT2D eigenvalue weighted by molar-refractivity contribution is -0.0606. The minimum absolute atomic E-state index is 0.0812. The van der Waals surface area contributed by atoms with Crippen LogP contribution in [0.3, 0.4) is 0 Å². The van der Waals surface area contributed by atoms with Gasteiger partial charge in [-0.3, -0.25) is 4.90 Å². The molecular weight excluding hydrogens is 270 g/mol. The Kier molecular flexibility index (Phi) is 5.33. The van der Waals surface area contributed by atoms with E-state index in [1.807, 2.05) is 4.90 Å². The Labute approximate surface area is 126 Å². The van der Waals surface area contributed by atoms with Crippen molar-refractivity contribution in [3.05, 3.63) is 35.9 Å². The maximum absolute atomic E-state index is 14.5. The topological polar surface area (TPSA) is 29.3 Å². The number of alkyl halides is 2. The Morgan fingerprint density at radius 1 is 1.10 bits per heavy atom. The fraction of sp³-hybridized carbons (Fsp3) is 0.647. The number of rotatable bonds is 5. The van der Waals surface area contributed by atoms with Crippen LogP contribution in [0.25, 0.3) is 0 Å². The van der Waals surface area contributed by atoms with E-state index in [9.17, 15) is 8.78 Å². The third-order valence-corrected chi connectivity index (χ3v) is 4.86. The molecule has 118 valence electrons. The van der Waals surface area contributed by atoms with Crippen LogP contribution < -0.4 is 5.73 Å². The van der Waals surface area contributed by atoms with E-state index in [-0.39, 0.29) is 17.6 Å². The van der Waals surface area contributed by atoms with Crippen molar-refractivity contribution in [2.45, 2.75) is 50.0 Å². The molecule has 0 aromatic heterocycles. The molecule has 0 aliphatic heterocycles. The van der Waals surface area contributed by atoms with E-state index in [0.29, 0.717) is 6.54 Å². The highest BCUT2D eigenvalue weighted by Crippen LogP contribution is 2.35. The van der Waals surface area contributed by atoms with Gasteiger partial charge in [0, 0.05) is 17.6 Å². The summed E-state index contributed by atoms with van der Waals surface area (Å²) in [6.07, 6.45) is 6.38. The lowest BCUT2D eigenvalue weighted by Gasteiger charge is -2.42. The zero-order chi connectivity index (χ0) is 15.3. The molecule has 0 unspecified atom stereocenters. The lowest BCUT2D eigenvalue weighted by Crippen LogP contribution is -2.54. The first kappa shape index (κ1) is 16.4. The van der Waals surface area contributed by atoms with Gasteiger partial charge in [-0.2, -0.15) is 8.78 Å². The molecule has 2 rings (SSSR count). The van der Waals surface area contributed by atoms with Gasteiger partial charge in [-0.1, -0.05) is 56.0 Å². The first-order valence-electron chi connectivity index (χ1n) is 7.85. The van der Waals surface area contributed by atoms with Crippen molar-refractivity contribution < 1.29 is 8.78 Å². The fourth-order valence-corrected chi connectivity index (χ4v) is 3.37. The number of nitrogens with two attached hydrogens (primary N) is 1. The van der Waals surface area contributed by atoms with Crippen LogP contribution in [0.4, 0.5) is 8.78 Å². The molecule has 0 saturated heterocycles. The van der Waals surface area contributed by atoms with Crippen molar-refractivity contribution in [3.63, 3.8) is 0 Å². The molecule has 0 bridgehead atoms. The highest BCUT2D eigenvalue weighted by atomic mass is 19.3. The van der Waals surface area contributed by atoms with Gasteiger partial charge in [-0.15, -0.1) is 0 Å². The standard InChI is InChI=1S/C17H26F2N2/c1-21(16(13-20)11-7-2-3-8-12-16)14-17(18,19)15-9-5-4-6-10-15/h4-6,9-10H,2-3,7-8,11-14,20H2,1H3. The molecule has 1 saturated carbocycles. The number of hydrogen-bond acceptors (Lipinski definition) is 2. The maximum atomic E-state index is 14.5. The number of nitrogens with zero attached hydrogens (tertiary/aromatic N) is 1. The van der Waals surface area contributed by atoms with Gasteiger partial charge < -0.3 is 5.73 Å². The van der Waals surface area contributed by atoms with Crippen LogP contribution in [-0.2, 0) is 5.92 Å². The van der Waals surface area contributed by atoms with Crippen LogP contribution in [-0.4, -0.2) is 30.6 Å². The van der Waals surface area contributed by atoms with Crippen LogP contribution in [0.15, 0.2) is 30.3 Å². The molecule has 1 aromatic rings. The summed E-state index contributed by atoms with van der Waals surface area (Å²) in [6.45, 7) is 0.183. The summed E-state index contributed by atoms with van der Waals surface area (Å²) < 4.78 is 29.0. The van der Waals surface area contributed by atoms with E-state index < -0.39 is 5.92 Å². The van der Waals surface area contributed by atoms with Crippen LogP contribution in [0.2, 0.25) is 0 Å². The van der Waals surface area contributed by atoms with Gasteiger partial charge in [0.25, 0.3) is 5.92 Å². The quantitative estimate of drug-likeness (QED) is 0.838. The monoisotopic (exact) mass is 296 g/mol. The number of hydrogen-bond donors (Lipinski definition) is 1. The van der Waals surface area contributed by atoms with Crippen LogP contribution in [0, 0.1) is 0 Å². The average molecular weight is 296 g/mol. The first-order valence-corrected chi connectivity index (χ1v) is 7.85. The normalized spacial score (nSPS) is 19.5. The molecule has 21 heavy (non-hydrogen) atoms. The number of halogens is 2. The van der Waals surface area contributed by atoms with Crippen LogP contribution in [0.5, 0.6) is 0 Å². The van der Waals surface area contributed by atoms with Gasteiger partial charge in [0.15, 0.2) is 0 Å². The van der Waals surface area contributed by atoms with Crippen LogP contribution in [0.1, 0.15) is 44.1 Å². The van der Waals surface area contributed by atoms with Crippen molar-refractivity contribution in [2.75, 3.05) is 20.1 Å². The van der Waals surface area contributed by atoms with Crippen molar-refractivity contribution in [2.24, 2.45) is 5.73 Å². The second-order valence-corrected chi connectivity index (χ2v) is 6.27. The second-order valence-electron chi connectivity index (χ2n) is 6.27. The molecule has 4 heteroatoms. The maximum Gasteiger partial charge on any atom is 0.285 e. The summed E-state index contributed by atoms with van der Waals surface area (Å²) in [6, 6.07) is 8.07. The van der Waals surface area contributed by atoms with E-state index >= 15 is 0 Å². The van der Waals surface area contributed by atoms with E-state index in [0.717, 1.165) is 25.7 Å². The molecule has 2 nitrogen and oxygen atoms in total. The molecule has 0 spiro atoms. The number of benzene rings is 1. The molecule has 2 N–H and O–H groups in total. The Bertz CT molecular complexity index is 426. The van der Waals surface area contributed by atoms with E-state index in [1.54, 1.807) is 25.2 Å². The summed E-state index contributed by atoms with van der Waals surface area (Å²) in [5, 5.41) is 0. The predicted molar refractivity (Wildman–Crippen MR) is 82.5 cm³/mol. The third-order valence-electron chi connectivity index (χ3n) is 4.86. The van der Waals surface area contributed by atoms with Gasteiger partial charge in [-0.05, 0) is 19.9 Å². The first-order chi connectivity index (χ1) is 10.0. The molecule has 0 radical (unpaired) electrons. The molecule has 0 heterocycles. The van der Waals surface area contributed by atoms with Gasteiger partial charge in [0.1, 0.15) is 0 Å². The second kappa shape index (κ2) is 6.84. The van der Waals surface area contributed by atoms with Crippen molar-refractivity contribution in [3.8, 4) is 0 Å².